The summed E-state index contributed by atoms with van der Waals surface area (Å²) in [6.07, 6.45) is 0. The third-order valence-corrected chi connectivity index (χ3v) is 2.49. The predicted octanol–water partition coefficient (Wildman–Crippen LogP) is 2.50. The highest BCUT2D eigenvalue weighted by molar-refractivity contribution is 5.82. The van der Waals surface area contributed by atoms with Crippen LogP contribution in [0.25, 0.3) is 10.9 Å². The van der Waals surface area contributed by atoms with Crippen LogP contribution in [0.4, 0.5) is 0 Å². The van der Waals surface area contributed by atoms with E-state index in [-0.39, 0.29) is 0 Å². The van der Waals surface area contributed by atoms with Crippen LogP contribution in [-0.2, 0) is 7.05 Å². The molecular weight excluding hydrogens is 162 g/mol. The second-order valence-corrected chi connectivity index (χ2v) is 3.27. The summed E-state index contributed by atoms with van der Waals surface area (Å²) in [7, 11) is 3.76. The Bertz CT molecular complexity index is 443. The molecule has 0 saturated carbocycles. The van der Waals surface area contributed by atoms with Crippen molar-refractivity contribution in [2.24, 2.45) is 7.05 Å². The number of aryl methyl sites for hydroxylation is 2. The van der Waals surface area contributed by atoms with Gasteiger partial charge in [-0.25, -0.2) is 0 Å². The fraction of sp³-hybridized carbons (Fsp3) is 0.273. The monoisotopic (exact) mass is 175 g/mol. The van der Waals surface area contributed by atoms with E-state index in [2.05, 4.69) is 36.7 Å². The van der Waals surface area contributed by atoms with Crippen molar-refractivity contribution in [3.05, 3.63) is 30.0 Å². The van der Waals surface area contributed by atoms with E-state index >= 15 is 0 Å². The van der Waals surface area contributed by atoms with Crippen LogP contribution in [0.3, 0.4) is 0 Å². The summed E-state index contributed by atoms with van der Waals surface area (Å²) in [5.74, 6) is 0.915. The summed E-state index contributed by atoms with van der Waals surface area (Å²) in [6, 6.07) is 8.29. The average Bonchev–Trinajstić information content (AvgIpc) is 2.42. The summed E-state index contributed by atoms with van der Waals surface area (Å²) in [5.41, 5.74) is 2.52. The van der Waals surface area contributed by atoms with E-state index in [9.17, 15) is 0 Å². The number of nitrogens with zero attached hydrogens (tertiary/aromatic N) is 1. The molecule has 0 aliphatic heterocycles. The highest BCUT2D eigenvalue weighted by Crippen LogP contribution is 2.22. The Labute approximate surface area is 77.7 Å². The number of methoxy groups -OCH3 is 1. The molecule has 2 rings (SSSR count). The van der Waals surface area contributed by atoms with Crippen molar-refractivity contribution in [1.82, 2.24) is 4.57 Å². The predicted molar refractivity (Wildman–Crippen MR) is 54.2 cm³/mol. The van der Waals surface area contributed by atoms with Crippen molar-refractivity contribution in [1.29, 1.82) is 0 Å². The second-order valence-electron chi connectivity index (χ2n) is 3.27. The lowest BCUT2D eigenvalue weighted by atomic mass is 10.2. The van der Waals surface area contributed by atoms with Gasteiger partial charge in [0.2, 0.25) is 0 Å². The zero-order valence-corrected chi connectivity index (χ0v) is 8.16. The van der Waals surface area contributed by atoms with Gasteiger partial charge in [0.25, 0.3) is 0 Å². The van der Waals surface area contributed by atoms with Crippen LogP contribution in [0, 0.1) is 6.92 Å². The molecule has 0 bridgehead atoms. The van der Waals surface area contributed by atoms with E-state index in [1.54, 1.807) is 7.11 Å². The minimum atomic E-state index is 0.915. The van der Waals surface area contributed by atoms with Gasteiger partial charge in [-0.05, 0) is 31.2 Å². The SMILES string of the molecule is COc1ccc2c(c1)cc(C)n2C. The molecule has 68 valence electrons. The van der Waals surface area contributed by atoms with Crippen molar-refractivity contribution < 1.29 is 4.74 Å². The number of fused-ring (bicyclic) bond motifs is 1. The lowest BCUT2D eigenvalue weighted by Gasteiger charge is -2.00. The van der Waals surface area contributed by atoms with Crippen LogP contribution in [0.15, 0.2) is 24.3 Å². The molecule has 0 aliphatic carbocycles. The normalized spacial score (nSPS) is 10.7. The van der Waals surface area contributed by atoms with Crippen LogP contribution >= 0.6 is 0 Å². The summed E-state index contributed by atoms with van der Waals surface area (Å²) in [6.45, 7) is 2.10. The van der Waals surface area contributed by atoms with Crippen LogP contribution in [0.1, 0.15) is 5.69 Å². The fourth-order valence-electron chi connectivity index (χ4n) is 1.59. The van der Waals surface area contributed by atoms with Gasteiger partial charge in [0.05, 0.1) is 7.11 Å². The lowest BCUT2D eigenvalue weighted by molar-refractivity contribution is 0.415. The van der Waals surface area contributed by atoms with Gasteiger partial charge < -0.3 is 9.30 Å². The average molecular weight is 175 g/mol. The first-order valence-electron chi connectivity index (χ1n) is 4.32. The van der Waals surface area contributed by atoms with E-state index in [0.29, 0.717) is 0 Å². The molecule has 0 aliphatic rings. The van der Waals surface area contributed by atoms with E-state index in [1.807, 2.05) is 6.07 Å². The molecule has 0 amide bonds. The molecule has 0 fully saturated rings. The van der Waals surface area contributed by atoms with Gasteiger partial charge in [0, 0.05) is 23.6 Å². The van der Waals surface area contributed by atoms with Crippen molar-refractivity contribution in [3.8, 4) is 5.75 Å². The molecular formula is C11H13NO. The molecule has 2 aromatic rings. The zero-order chi connectivity index (χ0) is 9.42. The van der Waals surface area contributed by atoms with Gasteiger partial charge in [-0.3, -0.25) is 0 Å². The molecule has 2 heteroatoms. The maximum absolute atomic E-state index is 5.16. The van der Waals surface area contributed by atoms with Crippen LogP contribution < -0.4 is 4.74 Å². The number of hydrogen-bond donors (Lipinski definition) is 0. The first-order valence-corrected chi connectivity index (χ1v) is 4.32. The third-order valence-electron chi connectivity index (χ3n) is 2.49. The van der Waals surface area contributed by atoms with Gasteiger partial charge >= 0.3 is 0 Å². The molecule has 0 N–H and O–H groups in total. The van der Waals surface area contributed by atoms with Crippen molar-refractivity contribution in [3.63, 3.8) is 0 Å². The first-order chi connectivity index (χ1) is 6.22. The van der Waals surface area contributed by atoms with E-state index in [1.165, 1.54) is 16.6 Å². The molecule has 13 heavy (non-hydrogen) atoms. The molecule has 0 atom stereocenters. The first kappa shape index (κ1) is 8.17. The molecule has 1 aromatic carbocycles. The van der Waals surface area contributed by atoms with E-state index in [0.717, 1.165) is 5.75 Å². The smallest absolute Gasteiger partial charge is 0.119 e. The number of benzene rings is 1. The standard InChI is InChI=1S/C11H13NO/c1-8-6-9-7-10(13-3)4-5-11(9)12(8)2/h4-7H,1-3H3. The van der Waals surface area contributed by atoms with Crippen molar-refractivity contribution in [2.45, 2.75) is 6.92 Å². The summed E-state index contributed by atoms with van der Waals surface area (Å²) in [5, 5.41) is 1.24. The Balaban J connectivity index is 2.73. The van der Waals surface area contributed by atoms with Gasteiger partial charge in [-0.2, -0.15) is 0 Å². The summed E-state index contributed by atoms with van der Waals surface area (Å²) < 4.78 is 7.34. The molecule has 0 radical (unpaired) electrons. The van der Waals surface area contributed by atoms with Crippen molar-refractivity contribution in [2.75, 3.05) is 7.11 Å². The minimum absolute atomic E-state index is 0.915. The van der Waals surface area contributed by atoms with Gasteiger partial charge in [0.1, 0.15) is 5.75 Å². The topological polar surface area (TPSA) is 14.2 Å². The Morgan fingerprint density at radius 3 is 2.69 bits per heavy atom. The Kier molecular flexibility index (Phi) is 1.76. The van der Waals surface area contributed by atoms with Crippen molar-refractivity contribution >= 4 is 10.9 Å². The fourth-order valence-corrected chi connectivity index (χ4v) is 1.59. The summed E-state index contributed by atoms with van der Waals surface area (Å²) >= 11 is 0. The zero-order valence-electron chi connectivity index (χ0n) is 8.16. The molecule has 1 aromatic heterocycles. The quantitative estimate of drug-likeness (QED) is 0.649. The molecule has 0 unspecified atom stereocenters. The second kappa shape index (κ2) is 2.80. The number of ether oxygens (including phenoxy) is 1. The highest BCUT2D eigenvalue weighted by atomic mass is 16.5. The van der Waals surface area contributed by atoms with Gasteiger partial charge in [-0.15, -0.1) is 0 Å². The minimum Gasteiger partial charge on any atom is -0.497 e. The Morgan fingerprint density at radius 1 is 1.23 bits per heavy atom. The highest BCUT2D eigenvalue weighted by Gasteiger charge is 2.02. The number of rotatable bonds is 1. The maximum atomic E-state index is 5.16. The van der Waals surface area contributed by atoms with E-state index < -0.39 is 0 Å². The third kappa shape index (κ3) is 1.18. The maximum Gasteiger partial charge on any atom is 0.119 e. The Hall–Kier alpha value is -1.44. The van der Waals surface area contributed by atoms with Crippen LogP contribution in [0.5, 0.6) is 5.75 Å². The van der Waals surface area contributed by atoms with E-state index in [4.69, 9.17) is 4.74 Å². The van der Waals surface area contributed by atoms with Gasteiger partial charge in [0.15, 0.2) is 0 Å². The molecule has 2 nitrogen and oxygen atoms in total. The number of hydrogen-bond acceptors (Lipinski definition) is 1. The van der Waals surface area contributed by atoms with Crippen LogP contribution in [-0.4, -0.2) is 11.7 Å². The van der Waals surface area contributed by atoms with Gasteiger partial charge in [-0.1, -0.05) is 0 Å². The largest absolute Gasteiger partial charge is 0.497 e. The number of aromatic nitrogens is 1. The molecule has 0 saturated heterocycles. The lowest BCUT2D eigenvalue weighted by Crippen LogP contribution is -1.89. The summed E-state index contributed by atoms with van der Waals surface area (Å²) in [4.78, 5) is 0. The Morgan fingerprint density at radius 2 is 2.00 bits per heavy atom. The molecule has 0 spiro atoms. The molecule has 1 heterocycles. The van der Waals surface area contributed by atoms with Crippen LogP contribution in [0.2, 0.25) is 0 Å².